The summed E-state index contributed by atoms with van der Waals surface area (Å²) in [6.45, 7) is 2.72. The molecule has 0 aliphatic carbocycles. The maximum atomic E-state index is 6.10. The van der Waals surface area contributed by atoms with Crippen LogP contribution >= 0.6 is 11.6 Å². The van der Waals surface area contributed by atoms with Gasteiger partial charge in [0, 0.05) is 17.8 Å². The highest BCUT2D eigenvalue weighted by Crippen LogP contribution is 2.38. The average molecular weight is 304 g/mol. The van der Waals surface area contributed by atoms with Crippen LogP contribution in [0.1, 0.15) is 12.5 Å². The molecule has 2 aromatic carbocycles. The van der Waals surface area contributed by atoms with Crippen molar-refractivity contribution in [2.24, 2.45) is 4.99 Å². The summed E-state index contributed by atoms with van der Waals surface area (Å²) in [6, 6.07) is 11.1. The molecule has 0 atom stereocenters. The van der Waals surface area contributed by atoms with Crippen molar-refractivity contribution < 1.29 is 14.2 Å². The van der Waals surface area contributed by atoms with Gasteiger partial charge in [-0.3, -0.25) is 4.99 Å². The molecule has 0 amide bonds. The zero-order valence-electron chi connectivity index (χ0n) is 11.5. The van der Waals surface area contributed by atoms with E-state index in [4.69, 9.17) is 25.8 Å². The minimum Gasteiger partial charge on any atom is -0.493 e. The van der Waals surface area contributed by atoms with Crippen molar-refractivity contribution in [2.75, 3.05) is 13.4 Å². The molecule has 21 heavy (non-hydrogen) atoms. The first-order valence-corrected chi connectivity index (χ1v) is 7.00. The maximum absolute atomic E-state index is 6.10. The van der Waals surface area contributed by atoms with E-state index in [1.807, 2.05) is 37.3 Å². The lowest BCUT2D eigenvalue weighted by molar-refractivity contribution is 0.174. The third-order valence-corrected chi connectivity index (χ3v) is 3.32. The van der Waals surface area contributed by atoms with E-state index in [2.05, 4.69) is 4.99 Å². The SMILES string of the molecule is CCOc1cc2c(cc1C=Nc1ccccc1Cl)OCO2. The molecule has 0 bridgehead atoms. The topological polar surface area (TPSA) is 40.0 Å². The van der Waals surface area contributed by atoms with Gasteiger partial charge in [0.1, 0.15) is 5.75 Å². The smallest absolute Gasteiger partial charge is 0.231 e. The molecule has 108 valence electrons. The second-order valence-electron chi connectivity index (χ2n) is 4.39. The van der Waals surface area contributed by atoms with Gasteiger partial charge in [-0.25, -0.2) is 0 Å². The van der Waals surface area contributed by atoms with Crippen molar-refractivity contribution in [3.8, 4) is 17.2 Å². The maximum Gasteiger partial charge on any atom is 0.231 e. The second kappa shape index (κ2) is 6.06. The molecular weight excluding hydrogens is 290 g/mol. The molecular formula is C16H14ClNO3. The van der Waals surface area contributed by atoms with E-state index < -0.39 is 0 Å². The van der Waals surface area contributed by atoms with Crippen molar-refractivity contribution >= 4 is 23.5 Å². The lowest BCUT2D eigenvalue weighted by Crippen LogP contribution is -1.96. The number of halogens is 1. The number of fused-ring (bicyclic) bond motifs is 1. The zero-order valence-corrected chi connectivity index (χ0v) is 12.3. The van der Waals surface area contributed by atoms with Crippen LogP contribution in [0.25, 0.3) is 0 Å². The fourth-order valence-electron chi connectivity index (χ4n) is 2.02. The Kier molecular flexibility index (Phi) is 3.97. The van der Waals surface area contributed by atoms with Crippen LogP contribution in [0.2, 0.25) is 5.02 Å². The van der Waals surface area contributed by atoms with Crippen LogP contribution in [0.3, 0.4) is 0 Å². The van der Waals surface area contributed by atoms with Gasteiger partial charge in [0.05, 0.1) is 17.3 Å². The molecule has 1 aliphatic heterocycles. The summed E-state index contributed by atoms with van der Waals surface area (Å²) in [4.78, 5) is 4.41. The molecule has 0 saturated carbocycles. The monoisotopic (exact) mass is 303 g/mol. The first-order chi connectivity index (χ1) is 10.3. The van der Waals surface area contributed by atoms with E-state index in [0.29, 0.717) is 34.6 Å². The van der Waals surface area contributed by atoms with Crippen molar-refractivity contribution in [2.45, 2.75) is 6.92 Å². The Labute approximate surface area is 127 Å². The number of benzene rings is 2. The Hall–Kier alpha value is -2.20. The first-order valence-electron chi connectivity index (χ1n) is 6.63. The third kappa shape index (κ3) is 2.95. The summed E-state index contributed by atoms with van der Waals surface area (Å²) in [5, 5.41) is 0.604. The summed E-state index contributed by atoms with van der Waals surface area (Å²) < 4.78 is 16.4. The highest BCUT2D eigenvalue weighted by atomic mass is 35.5. The summed E-state index contributed by atoms with van der Waals surface area (Å²) >= 11 is 6.10. The summed E-state index contributed by atoms with van der Waals surface area (Å²) in [7, 11) is 0. The van der Waals surface area contributed by atoms with Gasteiger partial charge in [0.2, 0.25) is 6.79 Å². The van der Waals surface area contributed by atoms with Crippen molar-refractivity contribution in [1.82, 2.24) is 0 Å². The normalized spacial score (nSPS) is 12.9. The second-order valence-corrected chi connectivity index (χ2v) is 4.79. The number of hydrogen-bond donors (Lipinski definition) is 0. The van der Waals surface area contributed by atoms with Crippen molar-refractivity contribution in [3.05, 3.63) is 47.0 Å². The molecule has 0 fully saturated rings. The predicted octanol–water partition coefficient (Wildman–Crippen LogP) is 4.22. The van der Waals surface area contributed by atoms with Crippen LogP contribution < -0.4 is 14.2 Å². The molecule has 4 nitrogen and oxygen atoms in total. The van der Waals surface area contributed by atoms with Gasteiger partial charge < -0.3 is 14.2 Å². The Morgan fingerprint density at radius 1 is 1.24 bits per heavy atom. The molecule has 0 aromatic heterocycles. The lowest BCUT2D eigenvalue weighted by atomic mass is 10.2. The average Bonchev–Trinajstić information content (AvgIpc) is 2.94. The van der Waals surface area contributed by atoms with Crippen molar-refractivity contribution in [3.63, 3.8) is 0 Å². The Morgan fingerprint density at radius 2 is 2.00 bits per heavy atom. The van der Waals surface area contributed by atoms with E-state index in [1.54, 1.807) is 12.3 Å². The molecule has 0 spiro atoms. The summed E-state index contributed by atoms with van der Waals surface area (Å²) in [6.07, 6.45) is 1.72. The highest BCUT2D eigenvalue weighted by molar-refractivity contribution is 6.33. The molecule has 0 N–H and O–H groups in total. The molecule has 5 heteroatoms. The highest BCUT2D eigenvalue weighted by Gasteiger charge is 2.17. The minimum atomic E-state index is 0.228. The number of nitrogens with zero attached hydrogens (tertiary/aromatic N) is 1. The van der Waals surface area contributed by atoms with E-state index in [9.17, 15) is 0 Å². The van der Waals surface area contributed by atoms with Gasteiger partial charge in [-0.1, -0.05) is 23.7 Å². The molecule has 0 radical (unpaired) electrons. The molecule has 1 heterocycles. The van der Waals surface area contributed by atoms with E-state index >= 15 is 0 Å². The van der Waals surface area contributed by atoms with Crippen LogP contribution in [-0.2, 0) is 0 Å². The minimum absolute atomic E-state index is 0.228. The Balaban J connectivity index is 1.96. The first kappa shape index (κ1) is 13.8. The molecule has 0 unspecified atom stereocenters. The number of hydrogen-bond acceptors (Lipinski definition) is 4. The summed E-state index contributed by atoms with van der Waals surface area (Å²) in [5.74, 6) is 2.09. The van der Waals surface area contributed by atoms with E-state index in [0.717, 1.165) is 5.56 Å². The quantitative estimate of drug-likeness (QED) is 0.794. The zero-order chi connectivity index (χ0) is 14.7. The van der Waals surface area contributed by atoms with Crippen LogP contribution in [0, 0.1) is 0 Å². The number of aliphatic imine (C=N–C) groups is 1. The van der Waals surface area contributed by atoms with Crippen LogP contribution in [0.5, 0.6) is 17.2 Å². The lowest BCUT2D eigenvalue weighted by Gasteiger charge is -2.08. The summed E-state index contributed by atoms with van der Waals surface area (Å²) in [5.41, 5.74) is 1.53. The third-order valence-electron chi connectivity index (χ3n) is 3.00. The predicted molar refractivity (Wildman–Crippen MR) is 82.4 cm³/mol. The van der Waals surface area contributed by atoms with Crippen molar-refractivity contribution in [1.29, 1.82) is 0 Å². The number of ether oxygens (including phenoxy) is 3. The molecule has 3 rings (SSSR count). The van der Waals surface area contributed by atoms with Crippen LogP contribution in [0.4, 0.5) is 5.69 Å². The standard InChI is InChI=1S/C16H14ClNO3/c1-2-19-14-8-16-15(20-10-21-16)7-11(14)9-18-13-6-4-3-5-12(13)17/h3-9H,2,10H2,1H3. The fraction of sp³-hybridized carbons (Fsp3) is 0.188. The molecule has 2 aromatic rings. The van der Waals surface area contributed by atoms with E-state index in [-0.39, 0.29) is 6.79 Å². The Morgan fingerprint density at radius 3 is 2.76 bits per heavy atom. The number of para-hydroxylation sites is 1. The van der Waals surface area contributed by atoms with E-state index in [1.165, 1.54) is 0 Å². The molecule has 0 saturated heterocycles. The van der Waals surface area contributed by atoms with Gasteiger partial charge >= 0.3 is 0 Å². The van der Waals surface area contributed by atoms with Gasteiger partial charge in [0.15, 0.2) is 11.5 Å². The van der Waals surface area contributed by atoms with Crippen LogP contribution in [-0.4, -0.2) is 19.6 Å². The number of rotatable bonds is 4. The largest absolute Gasteiger partial charge is 0.493 e. The van der Waals surface area contributed by atoms with Gasteiger partial charge in [-0.05, 0) is 25.1 Å². The molecule has 1 aliphatic rings. The van der Waals surface area contributed by atoms with Crippen LogP contribution in [0.15, 0.2) is 41.4 Å². The fourth-order valence-corrected chi connectivity index (χ4v) is 2.20. The Bertz CT molecular complexity index is 685. The van der Waals surface area contributed by atoms with Gasteiger partial charge in [0.25, 0.3) is 0 Å². The van der Waals surface area contributed by atoms with Gasteiger partial charge in [-0.2, -0.15) is 0 Å². The van der Waals surface area contributed by atoms with Gasteiger partial charge in [-0.15, -0.1) is 0 Å².